The smallest absolute Gasteiger partial charge is 0.243 e. The number of aryl methyl sites for hydroxylation is 1. The van der Waals surface area contributed by atoms with Crippen molar-refractivity contribution in [1.82, 2.24) is 4.31 Å². The number of carbonyl (C=O) groups is 1. The fourth-order valence-corrected chi connectivity index (χ4v) is 4.47. The first kappa shape index (κ1) is 23.5. The van der Waals surface area contributed by atoms with Gasteiger partial charge in [0.1, 0.15) is 11.5 Å². The molecular weight excluding hydrogens is 406 g/mol. The Morgan fingerprint density at radius 2 is 1.57 bits per heavy atom. The zero-order valence-corrected chi connectivity index (χ0v) is 18.8. The van der Waals surface area contributed by atoms with Crippen LogP contribution in [0.3, 0.4) is 0 Å². The molecule has 0 heterocycles. The quantitative estimate of drug-likeness (QED) is 0.595. The molecule has 0 saturated carbocycles. The molecular formula is C21H29N3O5S. The summed E-state index contributed by atoms with van der Waals surface area (Å²) in [5, 5.41) is 5.76. The minimum absolute atomic E-state index is 0.0318. The van der Waals surface area contributed by atoms with Gasteiger partial charge < -0.3 is 20.1 Å². The molecule has 0 unspecified atom stereocenters. The number of hydrogen-bond acceptors (Lipinski definition) is 6. The highest BCUT2D eigenvalue weighted by Crippen LogP contribution is 2.29. The van der Waals surface area contributed by atoms with Gasteiger partial charge in [0.05, 0.1) is 37.0 Å². The Labute approximate surface area is 178 Å². The van der Waals surface area contributed by atoms with Crippen LogP contribution in [0.1, 0.15) is 19.4 Å². The van der Waals surface area contributed by atoms with Gasteiger partial charge in [-0.3, -0.25) is 4.79 Å². The van der Waals surface area contributed by atoms with Crippen molar-refractivity contribution in [2.45, 2.75) is 25.7 Å². The number of rotatable bonds is 10. The molecule has 30 heavy (non-hydrogen) atoms. The molecule has 2 aromatic rings. The van der Waals surface area contributed by atoms with Crippen LogP contribution in [0.2, 0.25) is 0 Å². The van der Waals surface area contributed by atoms with Crippen molar-refractivity contribution >= 4 is 27.3 Å². The number of hydrogen-bond donors (Lipinski definition) is 2. The van der Waals surface area contributed by atoms with Gasteiger partial charge in [-0.05, 0) is 42.8 Å². The van der Waals surface area contributed by atoms with E-state index in [9.17, 15) is 13.2 Å². The molecule has 0 aliphatic carbocycles. The molecule has 0 radical (unpaired) electrons. The summed E-state index contributed by atoms with van der Waals surface area (Å²) in [5.41, 5.74) is 2.00. The van der Waals surface area contributed by atoms with Crippen molar-refractivity contribution in [2.24, 2.45) is 0 Å². The molecule has 0 saturated heterocycles. The summed E-state index contributed by atoms with van der Waals surface area (Å²) in [7, 11) is -0.643. The first-order chi connectivity index (χ1) is 14.3. The van der Waals surface area contributed by atoms with Crippen molar-refractivity contribution in [3.8, 4) is 11.5 Å². The van der Waals surface area contributed by atoms with Crippen molar-refractivity contribution in [1.29, 1.82) is 0 Å². The van der Waals surface area contributed by atoms with E-state index in [0.29, 0.717) is 30.3 Å². The highest BCUT2D eigenvalue weighted by Gasteiger charge is 2.23. The van der Waals surface area contributed by atoms with Gasteiger partial charge in [0.15, 0.2) is 0 Å². The van der Waals surface area contributed by atoms with Crippen molar-refractivity contribution in [3.05, 3.63) is 42.0 Å². The molecule has 0 bridgehead atoms. The first-order valence-electron chi connectivity index (χ1n) is 9.63. The molecule has 2 N–H and O–H groups in total. The Morgan fingerprint density at radius 1 is 0.967 bits per heavy atom. The molecule has 0 atom stereocenters. The minimum Gasteiger partial charge on any atom is -0.495 e. The number of sulfonamides is 1. The minimum atomic E-state index is -3.66. The Hall–Kier alpha value is -2.78. The van der Waals surface area contributed by atoms with Crippen LogP contribution < -0.4 is 20.1 Å². The van der Waals surface area contributed by atoms with Crippen molar-refractivity contribution < 1.29 is 22.7 Å². The van der Waals surface area contributed by atoms with Gasteiger partial charge in [-0.25, -0.2) is 8.42 Å². The number of benzene rings is 2. The van der Waals surface area contributed by atoms with Crippen LogP contribution in [0, 0.1) is 6.92 Å². The number of nitrogens with one attached hydrogen (secondary N) is 2. The normalized spacial score (nSPS) is 11.3. The lowest BCUT2D eigenvalue weighted by Gasteiger charge is -2.20. The Balaban J connectivity index is 2.21. The number of ether oxygens (including phenoxy) is 2. The lowest BCUT2D eigenvalue weighted by atomic mass is 10.2. The molecule has 0 aliphatic rings. The van der Waals surface area contributed by atoms with Crippen molar-refractivity contribution in [3.63, 3.8) is 0 Å². The molecule has 0 fully saturated rings. The zero-order chi connectivity index (χ0) is 22.3. The standard InChI is InChI=1S/C21H29N3O5S/c1-6-24(7-2)30(26,27)16-9-11-20(29-5)18(13-16)23-21(25)14-22-17-12-15(3)8-10-19(17)28-4/h8-13,22H,6-7,14H2,1-5H3,(H,23,25). The maximum Gasteiger partial charge on any atom is 0.243 e. The van der Waals surface area contributed by atoms with Crippen LogP contribution in [0.4, 0.5) is 11.4 Å². The fraction of sp³-hybridized carbons (Fsp3) is 0.381. The lowest BCUT2D eigenvalue weighted by Crippen LogP contribution is -2.30. The Morgan fingerprint density at radius 3 is 2.17 bits per heavy atom. The number of methoxy groups -OCH3 is 2. The molecule has 1 amide bonds. The van der Waals surface area contributed by atoms with E-state index in [1.165, 1.54) is 29.6 Å². The topological polar surface area (TPSA) is 97.0 Å². The third-order valence-corrected chi connectivity index (χ3v) is 6.63. The number of nitrogens with zero attached hydrogens (tertiary/aromatic N) is 1. The van der Waals surface area contributed by atoms with Gasteiger partial charge in [0.25, 0.3) is 0 Å². The number of amides is 1. The number of carbonyl (C=O) groups excluding carboxylic acids is 1. The lowest BCUT2D eigenvalue weighted by molar-refractivity contribution is -0.114. The second-order valence-electron chi connectivity index (χ2n) is 6.56. The second kappa shape index (κ2) is 10.3. The van der Waals surface area contributed by atoms with E-state index in [1.54, 1.807) is 21.0 Å². The molecule has 164 valence electrons. The van der Waals surface area contributed by atoms with E-state index in [-0.39, 0.29) is 23.0 Å². The molecule has 9 heteroatoms. The van der Waals surface area contributed by atoms with Crippen LogP contribution in [0.25, 0.3) is 0 Å². The monoisotopic (exact) mass is 435 g/mol. The predicted octanol–water partition coefficient (Wildman–Crippen LogP) is 3.09. The summed E-state index contributed by atoms with van der Waals surface area (Å²) < 4.78 is 37.5. The summed E-state index contributed by atoms with van der Waals surface area (Å²) in [5.74, 6) is 0.641. The summed E-state index contributed by atoms with van der Waals surface area (Å²) >= 11 is 0. The SMILES string of the molecule is CCN(CC)S(=O)(=O)c1ccc(OC)c(NC(=O)CNc2cc(C)ccc2OC)c1. The molecule has 2 rings (SSSR count). The summed E-state index contributed by atoms with van der Waals surface area (Å²) in [6.07, 6.45) is 0. The Kier molecular flexibility index (Phi) is 8.08. The summed E-state index contributed by atoms with van der Waals surface area (Å²) in [6.45, 7) is 6.17. The van der Waals surface area contributed by atoms with E-state index in [0.717, 1.165) is 5.56 Å². The third-order valence-electron chi connectivity index (χ3n) is 4.58. The summed E-state index contributed by atoms with van der Waals surface area (Å²) in [4.78, 5) is 12.6. The van der Waals surface area contributed by atoms with Crippen molar-refractivity contribution in [2.75, 3.05) is 44.5 Å². The largest absolute Gasteiger partial charge is 0.495 e. The molecule has 0 aliphatic heterocycles. The summed E-state index contributed by atoms with van der Waals surface area (Å²) in [6, 6.07) is 10.0. The van der Waals surface area contributed by atoms with Gasteiger partial charge in [-0.15, -0.1) is 0 Å². The van der Waals surface area contributed by atoms with Gasteiger partial charge in [0, 0.05) is 13.1 Å². The highest BCUT2D eigenvalue weighted by atomic mass is 32.2. The fourth-order valence-electron chi connectivity index (χ4n) is 2.99. The molecule has 0 spiro atoms. The zero-order valence-electron chi connectivity index (χ0n) is 18.0. The predicted molar refractivity (Wildman–Crippen MR) is 118 cm³/mol. The van der Waals surface area contributed by atoms with E-state index < -0.39 is 10.0 Å². The van der Waals surface area contributed by atoms with Crippen LogP contribution in [0.15, 0.2) is 41.3 Å². The maximum atomic E-state index is 12.8. The second-order valence-corrected chi connectivity index (χ2v) is 8.49. The average molecular weight is 436 g/mol. The maximum absolute atomic E-state index is 12.8. The first-order valence-corrected chi connectivity index (χ1v) is 11.1. The van der Waals surface area contributed by atoms with E-state index in [4.69, 9.17) is 9.47 Å². The van der Waals surface area contributed by atoms with E-state index in [1.807, 2.05) is 25.1 Å². The van der Waals surface area contributed by atoms with Crippen LogP contribution in [0.5, 0.6) is 11.5 Å². The van der Waals surface area contributed by atoms with Gasteiger partial charge in [0.2, 0.25) is 15.9 Å². The average Bonchev–Trinajstić information content (AvgIpc) is 2.73. The molecule has 8 nitrogen and oxygen atoms in total. The number of anilines is 2. The molecule has 0 aromatic heterocycles. The third kappa shape index (κ3) is 5.43. The highest BCUT2D eigenvalue weighted by molar-refractivity contribution is 7.89. The van der Waals surface area contributed by atoms with E-state index >= 15 is 0 Å². The Bertz CT molecular complexity index is 988. The van der Waals surface area contributed by atoms with Crippen LogP contribution >= 0.6 is 0 Å². The van der Waals surface area contributed by atoms with Gasteiger partial charge in [-0.2, -0.15) is 4.31 Å². The van der Waals surface area contributed by atoms with Gasteiger partial charge in [-0.1, -0.05) is 19.9 Å². The molecule has 2 aromatic carbocycles. The van der Waals surface area contributed by atoms with Crippen LogP contribution in [-0.4, -0.2) is 52.5 Å². The van der Waals surface area contributed by atoms with Crippen LogP contribution in [-0.2, 0) is 14.8 Å². The van der Waals surface area contributed by atoms with E-state index in [2.05, 4.69) is 10.6 Å². The van der Waals surface area contributed by atoms with Gasteiger partial charge >= 0.3 is 0 Å².